The number of hydrogen-bond donors (Lipinski definition) is 1. The van der Waals surface area contributed by atoms with Crippen molar-refractivity contribution in [2.75, 3.05) is 0 Å². The molecule has 1 heterocycles. The molecule has 4 heteroatoms. The first-order valence-electron chi connectivity index (χ1n) is 3.87. The molecule has 0 aromatic carbocycles. The van der Waals surface area contributed by atoms with Crippen molar-refractivity contribution in [3.63, 3.8) is 0 Å². The van der Waals surface area contributed by atoms with E-state index in [0.29, 0.717) is 24.3 Å². The number of nitrogens with zero attached hydrogens (tertiary/aromatic N) is 2. The van der Waals surface area contributed by atoms with Gasteiger partial charge in [0.25, 0.3) is 0 Å². The normalized spacial score (nSPS) is 17.2. The highest BCUT2D eigenvalue weighted by Gasteiger charge is 2.20. The summed E-state index contributed by atoms with van der Waals surface area (Å²) in [5.41, 5.74) is 0. The van der Waals surface area contributed by atoms with Gasteiger partial charge in [-0.15, -0.1) is 0 Å². The fourth-order valence-electron chi connectivity index (χ4n) is 0.931. The van der Waals surface area contributed by atoms with E-state index in [4.69, 9.17) is 4.52 Å². The van der Waals surface area contributed by atoms with Crippen LogP contribution < -0.4 is 5.32 Å². The van der Waals surface area contributed by atoms with Crippen LogP contribution in [0, 0.1) is 6.92 Å². The van der Waals surface area contributed by atoms with Crippen LogP contribution in [-0.4, -0.2) is 16.2 Å². The molecule has 0 spiro atoms. The Labute approximate surface area is 65.0 Å². The largest absolute Gasteiger partial charge is 0.338 e. The standard InChI is InChI=1S/C7H11N3O/c1-5-9-7(11-10-5)4-8-6-2-3-6/h6,8H,2-4H2,1H3. The quantitative estimate of drug-likeness (QED) is 0.692. The molecule has 2 rings (SSSR count). The van der Waals surface area contributed by atoms with Crippen LogP contribution in [0.5, 0.6) is 0 Å². The average molecular weight is 153 g/mol. The molecular weight excluding hydrogens is 142 g/mol. The third-order valence-corrected chi connectivity index (χ3v) is 1.69. The van der Waals surface area contributed by atoms with E-state index in [1.54, 1.807) is 0 Å². The molecule has 0 atom stereocenters. The predicted octanol–water partition coefficient (Wildman–Crippen LogP) is 0.630. The molecule has 0 unspecified atom stereocenters. The first kappa shape index (κ1) is 6.79. The second-order valence-corrected chi connectivity index (χ2v) is 2.89. The predicted molar refractivity (Wildman–Crippen MR) is 38.9 cm³/mol. The summed E-state index contributed by atoms with van der Waals surface area (Å²) < 4.78 is 4.92. The summed E-state index contributed by atoms with van der Waals surface area (Å²) in [6.07, 6.45) is 2.57. The summed E-state index contributed by atoms with van der Waals surface area (Å²) in [4.78, 5) is 4.07. The van der Waals surface area contributed by atoms with Gasteiger partial charge >= 0.3 is 0 Å². The van der Waals surface area contributed by atoms with Crippen molar-refractivity contribution in [2.45, 2.75) is 32.4 Å². The molecule has 4 nitrogen and oxygen atoms in total. The minimum Gasteiger partial charge on any atom is -0.338 e. The second kappa shape index (κ2) is 2.62. The van der Waals surface area contributed by atoms with Gasteiger partial charge in [-0.05, 0) is 19.8 Å². The van der Waals surface area contributed by atoms with Gasteiger partial charge in [0, 0.05) is 6.04 Å². The summed E-state index contributed by atoms with van der Waals surface area (Å²) in [5.74, 6) is 1.40. The van der Waals surface area contributed by atoms with E-state index < -0.39 is 0 Å². The Hall–Kier alpha value is -0.900. The fraction of sp³-hybridized carbons (Fsp3) is 0.714. The zero-order valence-electron chi connectivity index (χ0n) is 6.50. The first-order chi connectivity index (χ1) is 5.34. The van der Waals surface area contributed by atoms with Crippen molar-refractivity contribution in [3.05, 3.63) is 11.7 Å². The number of rotatable bonds is 3. The lowest BCUT2D eigenvalue weighted by molar-refractivity contribution is 0.364. The van der Waals surface area contributed by atoms with E-state index >= 15 is 0 Å². The molecule has 1 aromatic heterocycles. The molecule has 1 N–H and O–H groups in total. The van der Waals surface area contributed by atoms with Crippen LogP contribution in [0.4, 0.5) is 0 Å². The lowest BCUT2D eigenvalue weighted by Crippen LogP contribution is -2.15. The molecule has 0 radical (unpaired) electrons. The molecule has 1 saturated carbocycles. The molecule has 1 aromatic rings. The average Bonchev–Trinajstić information content (AvgIpc) is 2.72. The monoisotopic (exact) mass is 153 g/mol. The van der Waals surface area contributed by atoms with E-state index in [1.165, 1.54) is 12.8 Å². The van der Waals surface area contributed by atoms with Crippen LogP contribution in [0.25, 0.3) is 0 Å². The van der Waals surface area contributed by atoms with Gasteiger partial charge in [-0.1, -0.05) is 5.16 Å². The van der Waals surface area contributed by atoms with Crippen LogP contribution in [0.1, 0.15) is 24.6 Å². The van der Waals surface area contributed by atoms with Gasteiger partial charge in [0.15, 0.2) is 5.82 Å². The zero-order valence-corrected chi connectivity index (χ0v) is 6.50. The fourth-order valence-corrected chi connectivity index (χ4v) is 0.931. The third kappa shape index (κ3) is 1.77. The lowest BCUT2D eigenvalue weighted by Gasteiger charge is -1.94. The van der Waals surface area contributed by atoms with E-state index in [-0.39, 0.29) is 0 Å². The van der Waals surface area contributed by atoms with Gasteiger partial charge in [-0.25, -0.2) is 0 Å². The molecule has 0 amide bonds. The van der Waals surface area contributed by atoms with E-state index in [2.05, 4.69) is 15.5 Å². The number of aryl methyl sites for hydroxylation is 1. The molecule has 0 aliphatic heterocycles. The van der Waals surface area contributed by atoms with Crippen LogP contribution in [-0.2, 0) is 6.54 Å². The lowest BCUT2D eigenvalue weighted by atomic mass is 10.6. The van der Waals surface area contributed by atoms with Crippen LogP contribution in [0.3, 0.4) is 0 Å². The van der Waals surface area contributed by atoms with Gasteiger partial charge in [0.2, 0.25) is 5.89 Å². The number of hydrogen-bond acceptors (Lipinski definition) is 4. The smallest absolute Gasteiger partial charge is 0.240 e. The maximum atomic E-state index is 4.92. The van der Waals surface area contributed by atoms with Crippen molar-refractivity contribution in [2.24, 2.45) is 0 Å². The summed E-state index contributed by atoms with van der Waals surface area (Å²) in [5, 5.41) is 6.98. The maximum Gasteiger partial charge on any atom is 0.240 e. The van der Waals surface area contributed by atoms with Gasteiger partial charge in [-0.3, -0.25) is 0 Å². The second-order valence-electron chi connectivity index (χ2n) is 2.89. The minimum atomic E-state index is 0.689. The van der Waals surface area contributed by atoms with Crippen molar-refractivity contribution in [1.29, 1.82) is 0 Å². The van der Waals surface area contributed by atoms with Crippen LogP contribution in [0.15, 0.2) is 4.52 Å². The van der Waals surface area contributed by atoms with Crippen LogP contribution in [0.2, 0.25) is 0 Å². The molecule has 0 bridgehead atoms. The highest BCUT2D eigenvalue weighted by Crippen LogP contribution is 2.18. The third-order valence-electron chi connectivity index (χ3n) is 1.69. The van der Waals surface area contributed by atoms with Gasteiger partial charge in [0.1, 0.15) is 0 Å². The molecule has 1 aliphatic rings. The Balaban J connectivity index is 1.85. The van der Waals surface area contributed by atoms with E-state index in [1.807, 2.05) is 6.92 Å². The molecular formula is C7H11N3O. The first-order valence-corrected chi connectivity index (χ1v) is 3.87. The van der Waals surface area contributed by atoms with Gasteiger partial charge < -0.3 is 9.84 Å². The number of aromatic nitrogens is 2. The molecule has 1 aliphatic carbocycles. The summed E-state index contributed by atoms with van der Waals surface area (Å²) >= 11 is 0. The van der Waals surface area contributed by atoms with E-state index in [9.17, 15) is 0 Å². The SMILES string of the molecule is Cc1noc(CNC2CC2)n1. The zero-order chi connectivity index (χ0) is 7.68. The topological polar surface area (TPSA) is 51.0 Å². The molecule has 60 valence electrons. The maximum absolute atomic E-state index is 4.92. The Morgan fingerprint density at radius 3 is 3.00 bits per heavy atom. The minimum absolute atomic E-state index is 0.689. The molecule has 0 saturated heterocycles. The Bertz CT molecular complexity index is 242. The van der Waals surface area contributed by atoms with Crippen molar-refractivity contribution in [3.8, 4) is 0 Å². The highest BCUT2D eigenvalue weighted by atomic mass is 16.5. The van der Waals surface area contributed by atoms with Gasteiger partial charge in [0.05, 0.1) is 6.54 Å². The van der Waals surface area contributed by atoms with E-state index in [0.717, 1.165) is 0 Å². The molecule has 11 heavy (non-hydrogen) atoms. The summed E-state index contributed by atoms with van der Waals surface area (Å²) in [6, 6.07) is 0.696. The summed E-state index contributed by atoms with van der Waals surface area (Å²) in [7, 11) is 0. The van der Waals surface area contributed by atoms with Crippen molar-refractivity contribution in [1.82, 2.24) is 15.5 Å². The Morgan fingerprint density at radius 2 is 2.45 bits per heavy atom. The summed E-state index contributed by atoms with van der Waals surface area (Å²) in [6.45, 7) is 2.54. The van der Waals surface area contributed by atoms with Crippen molar-refractivity contribution < 1.29 is 4.52 Å². The van der Waals surface area contributed by atoms with Crippen LogP contribution >= 0.6 is 0 Å². The van der Waals surface area contributed by atoms with Gasteiger partial charge in [-0.2, -0.15) is 4.98 Å². The molecule has 1 fully saturated rings. The highest BCUT2D eigenvalue weighted by molar-refractivity contribution is 4.86. The van der Waals surface area contributed by atoms with Crippen molar-refractivity contribution >= 4 is 0 Å². The number of nitrogens with one attached hydrogen (secondary N) is 1. The Kier molecular flexibility index (Phi) is 1.62. The Morgan fingerprint density at radius 1 is 1.64 bits per heavy atom.